The van der Waals surface area contributed by atoms with Crippen LogP contribution in [0, 0.1) is 0 Å². The average Bonchev–Trinajstić information content (AvgIpc) is 2.27. The minimum atomic E-state index is -0.446. The van der Waals surface area contributed by atoms with Crippen LogP contribution in [-0.4, -0.2) is 29.9 Å². The summed E-state index contributed by atoms with van der Waals surface area (Å²) in [6.07, 6.45) is 3.18. The van der Waals surface area contributed by atoms with E-state index in [0.29, 0.717) is 11.3 Å². The van der Waals surface area contributed by atoms with Gasteiger partial charge in [-0.2, -0.15) is 0 Å². The van der Waals surface area contributed by atoms with E-state index >= 15 is 0 Å². The SMILES string of the molecule is CNc1ccncc1C(=O)NC(C)CC(N)=O. The zero-order valence-corrected chi connectivity index (χ0v) is 9.86. The first-order valence-electron chi connectivity index (χ1n) is 5.25. The molecule has 0 aliphatic carbocycles. The molecule has 0 saturated heterocycles. The summed E-state index contributed by atoms with van der Waals surface area (Å²) in [5.41, 5.74) is 6.17. The number of hydrogen-bond donors (Lipinski definition) is 3. The molecule has 17 heavy (non-hydrogen) atoms. The van der Waals surface area contributed by atoms with Crippen molar-refractivity contribution in [2.24, 2.45) is 5.73 Å². The maximum absolute atomic E-state index is 11.9. The fourth-order valence-corrected chi connectivity index (χ4v) is 1.45. The van der Waals surface area contributed by atoms with E-state index in [0.717, 1.165) is 0 Å². The van der Waals surface area contributed by atoms with Crippen molar-refractivity contribution < 1.29 is 9.59 Å². The summed E-state index contributed by atoms with van der Waals surface area (Å²) < 4.78 is 0. The first kappa shape index (κ1) is 13.0. The van der Waals surface area contributed by atoms with E-state index in [1.807, 2.05) is 0 Å². The van der Waals surface area contributed by atoms with E-state index in [1.54, 1.807) is 26.2 Å². The van der Waals surface area contributed by atoms with Gasteiger partial charge in [-0.15, -0.1) is 0 Å². The zero-order chi connectivity index (χ0) is 12.8. The minimum Gasteiger partial charge on any atom is -0.387 e. The molecule has 0 aliphatic heterocycles. The standard InChI is InChI=1S/C11H16N4O2/c1-7(5-10(12)16)15-11(17)8-6-14-4-3-9(8)13-2/h3-4,6-7H,5H2,1-2H3,(H2,12,16)(H,13,14)(H,15,17). The van der Waals surface area contributed by atoms with E-state index in [1.165, 1.54) is 6.20 Å². The molecule has 92 valence electrons. The van der Waals surface area contributed by atoms with Crippen LogP contribution >= 0.6 is 0 Å². The second kappa shape index (κ2) is 5.83. The van der Waals surface area contributed by atoms with Crippen LogP contribution in [-0.2, 0) is 4.79 Å². The molecule has 4 N–H and O–H groups in total. The van der Waals surface area contributed by atoms with Crippen molar-refractivity contribution in [3.8, 4) is 0 Å². The molecular formula is C11H16N4O2. The van der Waals surface area contributed by atoms with E-state index in [9.17, 15) is 9.59 Å². The van der Waals surface area contributed by atoms with Crippen molar-refractivity contribution in [2.75, 3.05) is 12.4 Å². The van der Waals surface area contributed by atoms with Gasteiger partial charge in [-0.25, -0.2) is 0 Å². The van der Waals surface area contributed by atoms with Crippen LogP contribution in [0.15, 0.2) is 18.5 Å². The Morgan fingerprint density at radius 2 is 2.24 bits per heavy atom. The quantitative estimate of drug-likeness (QED) is 0.676. The van der Waals surface area contributed by atoms with Crippen LogP contribution in [0.25, 0.3) is 0 Å². The van der Waals surface area contributed by atoms with E-state index in [2.05, 4.69) is 15.6 Å². The Morgan fingerprint density at radius 1 is 1.53 bits per heavy atom. The van der Waals surface area contributed by atoms with Crippen LogP contribution in [0.1, 0.15) is 23.7 Å². The number of carbonyl (C=O) groups excluding carboxylic acids is 2. The van der Waals surface area contributed by atoms with Gasteiger partial charge in [0.1, 0.15) is 0 Å². The molecule has 0 aromatic carbocycles. The highest BCUT2D eigenvalue weighted by atomic mass is 16.2. The van der Waals surface area contributed by atoms with Crippen molar-refractivity contribution >= 4 is 17.5 Å². The molecule has 0 bridgehead atoms. The lowest BCUT2D eigenvalue weighted by atomic mass is 10.2. The normalized spacial score (nSPS) is 11.6. The molecule has 1 atom stereocenters. The Hall–Kier alpha value is -2.11. The second-order valence-corrected chi connectivity index (χ2v) is 3.72. The van der Waals surface area contributed by atoms with Crippen molar-refractivity contribution in [1.82, 2.24) is 10.3 Å². The first-order chi connectivity index (χ1) is 8.04. The molecular weight excluding hydrogens is 220 g/mol. The Bertz CT molecular complexity index is 420. The summed E-state index contributed by atoms with van der Waals surface area (Å²) in [4.78, 5) is 26.5. The number of rotatable bonds is 5. The molecule has 0 saturated carbocycles. The summed E-state index contributed by atoms with van der Waals surface area (Å²) in [6.45, 7) is 1.72. The van der Waals surface area contributed by atoms with Gasteiger partial charge in [0.15, 0.2) is 0 Å². The van der Waals surface area contributed by atoms with Gasteiger partial charge in [0.2, 0.25) is 5.91 Å². The maximum Gasteiger partial charge on any atom is 0.255 e. The summed E-state index contributed by atoms with van der Waals surface area (Å²) >= 11 is 0. The highest BCUT2D eigenvalue weighted by Gasteiger charge is 2.14. The van der Waals surface area contributed by atoms with Crippen LogP contribution in [0.3, 0.4) is 0 Å². The number of amides is 2. The largest absolute Gasteiger partial charge is 0.387 e. The van der Waals surface area contributed by atoms with Crippen LogP contribution < -0.4 is 16.4 Å². The number of nitrogens with two attached hydrogens (primary N) is 1. The first-order valence-corrected chi connectivity index (χ1v) is 5.25. The van der Waals surface area contributed by atoms with Gasteiger partial charge in [-0.1, -0.05) is 0 Å². The molecule has 6 heteroatoms. The topological polar surface area (TPSA) is 97.1 Å². The molecule has 1 aromatic heterocycles. The maximum atomic E-state index is 11.9. The van der Waals surface area contributed by atoms with Crippen molar-refractivity contribution in [3.05, 3.63) is 24.0 Å². The predicted molar refractivity (Wildman–Crippen MR) is 64.5 cm³/mol. The predicted octanol–water partition coefficient (Wildman–Crippen LogP) is 0.117. The van der Waals surface area contributed by atoms with E-state index in [4.69, 9.17) is 5.73 Å². The highest BCUT2D eigenvalue weighted by molar-refractivity contribution is 5.99. The monoisotopic (exact) mass is 236 g/mol. The Labute approximate surface area is 99.6 Å². The summed E-state index contributed by atoms with van der Waals surface area (Å²) in [6, 6.07) is 1.40. The Balaban J connectivity index is 2.72. The molecule has 1 rings (SSSR count). The van der Waals surface area contributed by atoms with Gasteiger partial charge in [-0.3, -0.25) is 14.6 Å². The molecule has 2 amide bonds. The Kier molecular flexibility index (Phi) is 4.45. The second-order valence-electron chi connectivity index (χ2n) is 3.72. The lowest BCUT2D eigenvalue weighted by molar-refractivity contribution is -0.118. The third-order valence-electron chi connectivity index (χ3n) is 2.22. The number of aromatic nitrogens is 1. The number of anilines is 1. The molecule has 1 aromatic rings. The molecule has 0 spiro atoms. The fourth-order valence-electron chi connectivity index (χ4n) is 1.45. The summed E-state index contributed by atoms with van der Waals surface area (Å²) in [7, 11) is 1.72. The van der Waals surface area contributed by atoms with Gasteiger partial charge < -0.3 is 16.4 Å². The van der Waals surface area contributed by atoms with Gasteiger partial charge in [0, 0.05) is 37.6 Å². The molecule has 6 nitrogen and oxygen atoms in total. The summed E-state index contributed by atoms with van der Waals surface area (Å²) in [5, 5.41) is 5.58. The summed E-state index contributed by atoms with van der Waals surface area (Å²) in [5.74, 6) is -0.728. The van der Waals surface area contributed by atoms with Gasteiger partial charge >= 0.3 is 0 Å². The van der Waals surface area contributed by atoms with E-state index < -0.39 is 5.91 Å². The number of nitrogens with zero attached hydrogens (tertiary/aromatic N) is 1. The highest BCUT2D eigenvalue weighted by Crippen LogP contribution is 2.12. The number of pyridine rings is 1. The fraction of sp³-hybridized carbons (Fsp3) is 0.364. The number of hydrogen-bond acceptors (Lipinski definition) is 4. The smallest absolute Gasteiger partial charge is 0.255 e. The average molecular weight is 236 g/mol. The number of primary amides is 1. The van der Waals surface area contributed by atoms with Crippen molar-refractivity contribution in [2.45, 2.75) is 19.4 Å². The van der Waals surface area contributed by atoms with Crippen LogP contribution in [0.2, 0.25) is 0 Å². The van der Waals surface area contributed by atoms with Gasteiger partial charge in [0.25, 0.3) is 5.91 Å². The van der Waals surface area contributed by atoms with Crippen LogP contribution in [0.5, 0.6) is 0 Å². The third-order valence-corrected chi connectivity index (χ3v) is 2.22. The lowest BCUT2D eigenvalue weighted by Gasteiger charge is -2.13. The molecule has 0 radical (unpaired) electrons. The van der Waals surface area contributed by atoms with E-state index in [-0.39, 0.29) is 18.4 Å². The molecule has 0 aliphatic rings. The molecule has 1 unspecified atom stereocenters. The third kappa shape index (κ3) is 3.75. The zero-order valence-electron chi connectivity index (χ0n) is 9.86. The van der Waals surface area contributed by atoms with Gasteiger partial charge in [0.05, 0.1) is 5.56 Å². The number of carbonyl (C=O) groups is 2. The van der Waals surface area contributed by atoms with Crippen LogP contribution in [0.4, 0.5) is 5.69 Å². The van der Waals surface area contributed by atoms with Gasteiger partial charge in [-0.05, 0) is 13.0 Å². The number of nitrogens with one attached hydrogen (secondary N) is 2. The molecule has 0 fully saturated rings. The van der Waals surface area contributed by atoms with Crippen molar-refractivity contribution in [1.29, 1.82) is 0 Å². The molecule has 1 heterocycles. The Morgan fingerprint density at radius 3 is 2.82 bits per heavy atom. The van der Waals surface area contributed by atoms with Crippen molar-refractivity contribution in [3.63, 3.8) is 0 Å². The lowest BCUT2D eigenvalue weighted by Crippen LogP contribution is -2.36. The minimum absolute atomic E-state index is 0.112.